The first-order valence-electron chi connectivity index (χ1n) is 8.57. The summed E-state index contributed by atoms with van der Waals surface area (Å²) in [6.07, 6.45) is 0. The first-order chi connectivity index (χ1) is 13.6. The van der Waals surface area contributed by atoms with Crippen LogP contribution in [0.1, 0.15) is 0 Å². The van der Waals surface area contributed by atoms with Crippen molar-refractivity contribution in [1.82, 2.24) is 0 Å². The number of hydrogen-bond donors (Lipinski definition) is 0. The zero-order chi connectivity index (χ0) is 19.9. The molecule has 0 fully saturated rings. The summed E-state index contributed by atoms with van der Waals surface area (Å²) in [4.78, 5) is 0. The van der Waals surface area contributed by atoms with Crippen molar-refractivity contribution in [2.45, 2.75) is 0 Å². The lowest BCUT2D eigenvalue weighted by Crippen LogP contribution is -1.79. The molecule has 0 spiro atoms. The zero-order valence-corrected chi connectivity index (χ0v) is 19.4. The van der Waals surface area contributed by atoms with Crippen molar-refractivity contribution in [1.29, 1.82) is 0 Å². The number of halogens is 4. The Morgan fingerprint density at radius 1 is 0.500 bits per heavy atom. The summed E-state index contributed by atoms with van der Waals surface area (Å²) in [5.41, 5.74) is 4.49. The summed E-state index contributed by atoms with van der Waals surface area (Å²) in [6, 6.07) is 32.1. The van der Waals surface area contributed by atoms with Crippen LogP contribution in [0.3, 0.4) is 0 Å². The molecular weight excluding hydrogens is 519 g/mol. The molecule has 0 unspecified atom stereocenters. The molecule has 0 bridgehead atoms. The Morgan fingerprint density at radius 2 is 1.00 bits per heavy atom. The first-order valence-corrected chi connectivity index (χ1v) is 10.9. The Morgan fingerprint density at radius 3 is 1.61 bits per heavy atom. The van der Waals surface area contributed by atoms with E-state index in [1.807, 2.05) is 72.8 Å². The van der Waals surface area contributed by atoms with Gasteiger partial charge in [-0.25, -0.2) is 0 Å². The Bertz CT molecular complexity index is 962. The van der Waals surface area contributed by atoms with Crippen LogP contribution >= 0.6 is 55.1 Å². The quantitative estimate of drug-likeness (QED) is 0.240. The predicted octanol–water partition coefficient (Wildman–Crippen LogP) is 9.54. The molecule has 0 radical (unpaired) electrons. The normalized spacial score (nSPS) is 10.1. The Labute approximate surface area is 192 Å². The molecule has 0 aliphatic rings. The van der Waals surface area contributed by atoms with Gasteiger partial charge in [-0.05, 0) is 60.7 Å². The van der Waals surface area contributed by atoms with Crippen LogP contribution in [0.2, 0.25) is 10.0 Å². The van der Waals surface area contributed by atoms with Gasteiger partial charge in [0.1, 0.15) is 0 Å². The number of rotatable bonds is 2. The zero-order valence-electron chi connectivity index (χ0n) is 14.7. The van der Waals surface area contributed by atoms with E-state index in [0.29, 0.717) is 10.0 Å². The van der Waals surface area contributed by atoms with E-state index in [2.05, 4.69) is 50.1 Å². The molecule has 0 nitrogen and oxygen atoms in total. The second-order valence-electron chi connectivity index (χ2n) is 5.93. The lowest BCUT2D eigenvalue weighted by molar-refractivity contribution is 1.55. The summed E-state index contributed by atoms with van der Waals surface area (Å²) in [5, 5.41) is 1.20. The molecule has 4 aromatic rings. The van der Waals surface area contributed by atoms with Gasteiger partial charge in [-0.1, -0.05) is 108 Å². The molecule has 0 saturated carbocycles. The highest BCUT2D eigenvalue weighted by Gasteiger charge is 2.05. The van der Waals surface area contributed by atoms with Gasteiger partial charge in [0.2, 0.25) is 0 Å². The second-order valence-corrected chi connectivity index (χ2v) is 8.37. The fourth-order valence-electron chi connectivity index (χ4n) is 2.69. The highest BCUT2D eigenvalue weighted by Crippen LogP contribution is 2.34. The van der Waals surface area contributed by atoms with Crippen LogP contribution in [0.4, 0.5) is 0 Å². The molecule has 0 aromatic heterocycles. The molecule has 28 heavy (non-hydrogen) atoms. The van der Waals surface area contributed by atoms with Crippen LogP contribution in [0.5, 0.6) is 0 Å². The van der Waals surface area contributed by atoms with E-state index in [1.165, 1.54) is 11.1 Å². The maximum absolute atomic E-state index is 6.10. The smallest absolute Gasteiger partial charge is 0.0670 e. The lowest BCUT2D eigenvalue weighted by Gasteiger charge is -2.05. The van der Waals surface area contributed by atoms with Crippen molar-refractivity contribution in [2.24, 2.45) is 0 Å². The van der Waals surface area contributed by atoms with Crippen molar-refractivity contribution >= 4 is 55.1 Å². The van der Waals surface area contributed by atoms with Crippen LogP contribution in [0.15, 0.2) is 106 Å². The summed E-state index contributed by atoms with van der Waals surface area (Å²) in [6.45, 7) is 0. The SMILES string of the molecule is Brc1cccc(-c2ccccc2)c1Br.Clc1cccc(-c2ccccc2)c1Cl. The molecule has 0 atom stereocenters. The Kier molecular flexibility index (Phi) is 7.75. The maximum Gasteiger partial charge on any atom is 0.0670 e. The van der Waals surface area contributed by atoms with Gasteiger partial charge in [-0.15, -0.1) is 0 Å². The molecule has 0 aliphatic heterocycles. The Balaban J connectivity index is 0.000000161. The van der Waals surface area contributed by atoms with Gasteiger partial charge in [0.25, 0.3) is 0 Å². The monoisotopic (exact) mass is 532 g/mol. The standard InChI is InChI=1S/C12H8Br2.C12H8Cl2/c2*13-11-8-4-7-10(12(11)14)9-5-2-1-3-6-9/h2*1-8H. The Hall–Kier alpha value is -1.58. The van der Waals surface area contributed by atoms with Crippen LogP contribution in [-0.4, -0.2) is 0 Å². The molecule has 140 valence electrons. The van der Waals surface area contributed by atoms with Crippen molar-refractivity contribution in [3.63, 3.8) is 0 Å². The molecule has 4 aromatic carbocycles. The molecule has 0 heterocycles. The fourth-order valence-corrected chi connectivity index (χ4v) is 3.96. The topological polar surface area (TPSA) is 0 Å². The summed E-state index contributed by atoms with van der Waals surface area (Å²) >= 11 is 19.1. The van der Waals surface area contributed by atoms with E-state index < -0.39 is 0 Å². The first kappa shape index (κ1) is 21.1. The molecule has 0 saturated heterocycles. The van der Waals surface area contributed by atoms with Gasteiger partial charge in [-0.3, -0.25) is 0 Å². The summed E-state index contributed by atoms with van der Waals surface area (Å²) in [7, 11) is 0. The van der Waals surface area contributed by atoms with Crippen LogP contribution in [0, 0.1) is 0 Å². The van der Waals surface area contributed by atoms with Crippen LogP contribution in [0.25, 0.3) is 22.3 Å². The highest BCUT2D eigenvalue weighted by molar-refractivity contribution is 9.13. The molecular formula is C24H16Br2Cl2. The minimum absolute atomic E-state index is 0.591. The van der Waals surface area contributed by atoms with E-state index in [4.69, 9.17) is 23.2 Å². The van der Waals surface area contributed by atoms with Crippen molar-refractivity contribution < 1.29 is 0 Å². The molecule has 4 heteroatoms. The van der Waals surface area contributed by atoms with Gasteiger partial charge in [-0.2, -0.15) is 0 Å². The molecule has 0 aliphatic carbocycles. The van der Waals surface area contributed by atoms with E-state index in [-0.39, 0.29) is 0 Å². The van der Waals surface area contributed by atoms with Crippen molar-refractivity contribution in [3.05, 3.63) is 116 Å². The van der Waals surface area contributed by atoms with Gasteiger partial charge >= 0.3 is 0 Å². The third-order valence-corrected chi connectivity index (χ3v) is 6.94. The third-order valence-electron chi connectivity index (χ3n) is 4.07. The minimum atomic E-state index is 0.591. The molecule has 0 amide bonds. The number of benzene rings is 4. The van der Waals surface area contributed by atoms with Crippen molar-refractivity contribution in [2.75, 3.05) is 0 Å². The summed E-state index contributed by atoms with van der Waals surface area (Å²) in [5.74, 6) is 0. The average Bonchev–Trinajstić information content (AvgIpc) is 2.74. The fraction of sp³-hybridized carbons (Fsp3) is 0. The molecule has 0 N–H and O–H groups in total. The van der Waals surface area contributed by atoms with Gasteiger partial charge in [0, 0.05) is 14.5 Å². The van der Waals surface area contributed by atoms with Crippen LogP contribution in [-0.2, 0) is 0 Å². The third kappa shape index (κ3) is 5.27. The van der Waals surface area contributed by atoms with Gasteiger partial charge in [0.15, 0.2) is 0 Å². The van der Waals surface area contributed by atoms with E-state index in [0.717, 1.165) is 20.1 Å². The lowest BCUT2D eigenvalue weighted by atomic mass is 10.1. The van der Waals surface area contributed by atoms with E-state index >= 15 is 0 Å². The average molecular weight is 535 g/mol. The predicted molar refractivity (Wildman–Crippen MR) is 129 cm³/mol. The minimum Gasteiger partial charge on any atom is -0.0827 e. The second kappa shape index (κ2) is 10.3. The largest absolute Gasteiger partial charge is 0.0827 e. The van der Waals surface area contributed by atoms with Crippen molar-refractivity contribution in [3.8, 4) is 22.3 Å². The van der Waals surface area contributed by atoms with Crippen LogP contribution < -0.4 is 0 Å². The molecule has 4 rings (SSSR count). The van der Waals surface area contributed by atoms with E-state index in [9.17, 15) is 0 Å². The maximum atomic E-state index is 6.10. The van der Waals surface area contributed by atoms with Gasteiger partial charge < -0.3 is 0 Å². The van der Waals surface area contributed by atoms with E-state index in [1.54, 1.807) is 6.07 Å². The van der Waals surface area contributed by atoms with Gasteiger partial charge in [0.05, 0.1) is 10.0 Å². The highest BCUT2D eigenvalue weighted by atomic mass is 79.9. The number of hydrogen-bond acceptors (Lipinski definition) is 0. The summed E-state index contributed by atoms with van der Waals surface area (Å²) < 4.78 is 2.19.